The van der Waals surface area contributed by atoms with Crippen molar-refractivity contribution in [1.82, 2.24) is 10.2 Å². The summed E-state index contributed by atoms with van der Waals surface area (Å²) < 4.78 is 0.448. The highest BCUT2D eigenvalue weighted by Crippen LogP contribution is 2.29. The van der Waals surface area contributed by atoms with Crippen LogP contribution in [0.1, 0.15) is 34.6 Å². The van der Waals surface area contributed by atoms with Gasteiger partial charge < -0.3 is 10.2 Å². The first kappa shape index (κ1) is 15.3. The van der Waals surface area contributed by atoms with E-state index >= 15 is 0 Å². The molecule has 0 aromatic carbocycles. The van der Waals surface area contributed by atoms with Gasteiger partial charge in [0.2, 0.25) is 0 Å². The van der Waals surface area contributed by atoms with Gasteiger partial charge in [-0.05, 0) is 38.8 Å². The summed E-state index contributed by atoms with van der Waals surface area (Å²) in [6.45, 7) is 17.7. The van der Waals surface area contributed by atoms with Gasteiger partial charge in [-0.25, -0.2) is 0 Å². The fraction of sp³-hybridized carbons (Fsp3) is 1.00. The zero-order chi connectivity index (χ0) is 12.9. The molecule has 1 N–H and O–H groups in total. The standard InChI is InChI=1S/C14H30N2S/c1-12(2)8-15-9-13(3)10-16-6-7-17-14(4,5)11-16/h12-13,15H,6-11H2,1-5H3. The number of hydrogen-bond donors (Lipinski definition) is 1. The Morgan fingerprint density at radius 3 is 2.53 bits per heavy atom. The fourth-order valence-corrected chi connectivity index (χ4v) is 3.57. The van der Waals surface area contributed by atoms with Gasteiger partial charge in [0, 0.05) is 30.1 Å². The summed E-state index contributed by atoms with van der Waals surface area (Å²) in [6.07, 6.45) is 0. The number of thioether (sulfide) groups is 1. The maximum Gasteiger partial charge on any atom is 0.0231 e. The van der Waals surface area contributed by atoms with Crippen molar-refractivity contribution in [1.29, 1.82) is 0 Å². The van der Waals surface area contributed by atoms with Crippen LogP contribution in [0.25, 0.3) is 0 Å². The highest BCUT2D eigenvalue weighted by atomic mass is 32.2. The van der Waals surface area contributed by atoms with Gasteiger partial charge >= 0.3 is 0 Å². The van der Waals surface area contributed by atoms with Crippen LogP contribution in [0.3, 0.4) is 0 Å². The van der Waals surface area contributed by atoms with Gasteiger partial charge in [0.15, 0.2) is 0 Å². The largest absolute Gasteiger partial charge is 0.316 e. The molecule has 102 valence electrons. The van der Waals surface area contributed by atoms with E-state index < -0.39 is 0 Å². The van der Waals surface area contributed by atoms with Crippen LogP contribution in [0.4, 0.5) is 0 Å². The molecule has 0 aromatic heterocycles. The number of nitrogens with one attached hydrogen (secondary N) is 1. The van der Waals surface area contributed by atoms with Crippen LogP contribution < -0.4 is 5.32 Å². The van der Waals surface area contributed by atoms with Crippen molar-refractivity contribution in [2.45, 2.75) is 39.4 Å². The van der Waals surface area contributed by atoms with Gasteiger partial charge in [0.05, 0.1) is 0 Å². The summed E-state index contributed by atoms with van der Waals surface area (Å²) in [5.74, 6) is 2.80. The van der Waals surface area contributed by atoms with Crippen molar-refractivity contribution >= 4 is 11.8 Å². The Morgan fingerprint density at radius 1 is 1.24 bits per heavy atom. The average molecular weight is 258 g/mol. The monoisotopic (exact) mass is 258 g/mol. The van der Waals surface area contributed by atoms with Gasteiger partial charge in [0.25, 0.3) is 0 Å². The lowest BCUT2D eigenvalue weighted by Crippen LogP contribution is -2.45. The van der Waals surface area contributed by atoms with Crippen molar-refractivity contribution in [2.75, 3.05) is 38.5 Å². The lowest BCUT2D eigenvalue weighted by Gasteiger charge is -2.38. The van der Waals surface area contributed by atoms with E-state index in [0.29, 0.717) is 4.75 Å². The summed E-state index contributed by atoms with van der Waals surface area (Å²) >= 11 is 2.12. The van der Waals surface area contributed by atoms with Crippen LogP contribution >= 0.6 is 11.8 Å². The molecule has 0 bridgehead atoms. The molecule has 0 radical (unpaired) electrons. The maximum atomic E-state index is 3.56. The molecule has 2 nitrogen and oxygen atoms in total. The molecule has 1 rings (SSSR count). The summed E-state index contributed by atoms with van der Waals surface area (Å²) in [6, 6.07) is 0. The zero-order valence-corrected chi connectivity index (χ0v) is 13.1. The van der Waals surface area contributed by atoms with Gasteiger partial charge in [-0.15, -0.1) is 0 Å². The second kappa shape index (κ2) is 7.01. The Labute approximate surface area is 112 Å². The van der Waals surface area contributed by atoms with Crippen LogP contribution in [0.2, 0.25) is 0 Å². The number of nitrogens with zero attached hydrogens (tertiary/aromatic N) is 1. The molecule has 1 fully saturated rings. The second-order valence-corrected chi connectivity index (χ2v) is 8.30. The lowest BCUT2D eigenvalue weighted by molar-refractivity contribution is 0.224. The minimum absolute atomic E-state index is 0.448. The minimum atomic E-state index is 0.448. The van der Waals surface area contributed by atoms with Crippen LogP contribution in [0.15, 0.2) is 0 Å². The molecule has 1 saturated heterocycles. The molecule has 1 atom stereocenters. The third kappa shape index (κ3) is 6.68. The van der Waals surface area contributed by atoms with E-state index in [2.05, 4.69) is 56.6 Å². The van der Waals surface area contributed by atoms with E-state index in [1.54, 1.807) is 0 Å². The molecule has 1 unspecified atom stereocenters. The first-order valence-electron chi connectivity index (χ1n) is 6.96. The van der Waals surface area contributed by atoms with Gasteiger partial charge in [0.1, 0.15) is 0 Å². The van der Waals surface area contributed by atoms with Crippen LogP contribution in [-0.2, 0) is 0 Å². The molecule has 3 heteroatoms. The maximum absolute atomic E-state index is 3.56. The molecular formula is C14H30N2S. The highest BCUT2D eigenvalue weighted by Gasteiger charge is 2.27. The van der Waals surface area contributed by atoms with E-state index in [1.165, 1.54) is 25.4 Å². The molecule has 0 amide bonds. The van der Waals surface area contributed by atoms with E-state index in [9.17, 15) is 0 Å². The Hall–Kier alpha value is 0.270. The van der Waals surface area contributed by atoms with Crippen molar-refractivity contribution in [3.63, 3.8) is 0 Å². The summed E-state index contributed by atoms with van der Waals surface area (Å²) in [5.41, 5.74) is 0. The first-order valence-corrected chi connectivity index (χ1v) is 7.94. The molecule has 1 aliphatic heterocycles. The zero-order valence-electron chi connectivity index (χ0n) is 12.3. The third-order valence-electron chi connectivity index (χ3n) is 3.12. The fourth-order valence-electron chi connectivity index (χ4n) is 2.39. The average Bonchev–Trinajstić information content (AvgIpc) is 2.14. The minimum Gasteiger partial charge on any atom is -0.316 e. The van der Waals surface area contributed by atoms with E-state index in [4.69, 9.17) is 0 Å². The number of rotatable bonds is 6. The molecule has 0 saturated carbocycles. The van der Waals surface area contributed by atoms with Crippen molar-refractivity contribution < 1.29 is 0 Å². The predicted molar refractivity (Wildman–Crippen MR) is 79.8 cm³/mol. The van der Waals surface area contributed by atoms with E-state index in [-0.39, 0.29) is 0 Å². The quantitative estimate of drug-likeness (QED) is 0.788. The summed E-state index contributed by atoms with van der Waals surface area (Å²) in [4.78, 5) is 2.64. The Kier molecular flexibility index (Phi) is 6.32. The van der Waals surface area contributed by atoms with Gasteiger partial charge in [-0.1, -0.05) is 20.8 Å². The highest BCUT2D eigenvalue weighted by molar-refractivity contribution is 8.00. The third-order valence-corrected chi connectivity index (χ3v) is 4.42. The molecule has 1 heterocycles. The topological polar surface area (TPSA) is 15.3 Å². The summed E-state index contributed by atoms with van der Waals surface area (Å²) in [5, 5.41) is 3.56. The molecule has 0 aromatic rings. The van der Waals surface area contributed by atoms with Gasteiger partial charge in [-0.2, -0.15) is 11.8 Å². The van der Waals surface area contributed by atoms with E-state index in [1.807, 2.05) is 0 Å². The number of hydrogen-bond acceptors (Lipinski definition) is 3. The van der Waals surface area contributed by atoms with Crippen molar-refractivity contribution in [2.24, 2.45) is 11.8 Å². The first-order chi connectivity index (χ1) is 7.89. The Balaban J connectivity index is 2.19. The SMILES string of the molecule is CC(C)CNCC(C)CN1CCSC(C)(C)C1. The van der Waals surface area contributed by atoms with Crippen LogP contribution in [-0.4, -0.2) is 48.1 Å². The van der Waals surface area contributed by atoms with Gasteiger partial charge in [-0.3, -0.25) is 0 Å². The molecule has 17 heavy (non-hydrogen) atoms. The Bertz CT molecular complexity index is 216. The molecule has 1 aliphatic rings. The van der Waals surface area contributed by atoms with E-state index in [0.717, 1.165) is 24.9 Å². The molecule has 0 aliphatic carbocycles. The molecule has 0 spiro atoms. The van der Waals surface area contributed by atoms with Crippen LogP contribution in [0, 0.1) is 11.8 Å². The van der Waals surface area contributed by atoms with Crippen molar-refractivity contribution in [3.8, 4) is 0 Å². The normalized spacial score (nSPS) is 22.9. The predicted octanol–water partition coefficient (Wildman–Crippen LogP) is 2.70. The van der Waals surface area contributed by atoms with Crippen LogP contribution in [0.5, 0.6) is 0 Å². The van der Waals surface area contributed by atoms with Crippen molar-refractivity contribution in [3.05, 3.63) is 0 Å². The molecular weight excluding hydrogens is 228 g/mol. The lowest BCUT2D eigenvalue weighted by atomic mass is 10.1. The Morgan fingerprint density at radius 2 is 1.94 bits per heavy atom. The smallest absolute Gasteiger partial charge is 0.0231 e. The summed E-state index contributed by atoms with van der Waals surface area (Å²) in [7, 11) is 0. The second-order valence-electron chi connectivity index (χ2n) is 6.50.